The summed E-state index contributed by atoms with van der Waals surface area (Å²) in [6, 6.07) is 8.45. The van der Waals surface area contributed by atoms with E-state index >= 15 is 0 Å². The number of nitrogens with one attached hydrogen (secondary N) is 1. The van der Waals surface area contributed by atoms with E-state index in [0.717, 1.165) is 36.0 Å². The molecule has 0 radical (unpaired) electrons. The number of ether oxygens (including phenoxy) is 1. The first-order valence-corrected chi connectivity index (χ1v) is 11.1. The maximum absolute atomic E-state index is 12.2. The van der Waals surface area contributed by atoms with E-state index in [2.05, 4.69) is 34.6 Å². The molecule has 0 bridgehead atoms. The minimum absolute atomic E-state index is 0.0711. The van der Waals surface area contributed by atoms with Gasteiger partial charge in [0.2, 0.25) is 5.91 Å². The fourth-order valence-corrected chi connectivity index (χ4v) is 4.24. The second-order valence-corrected chi connectivity index (χ2v) is 8.29. The summed E-state index contributed by atoms with van der Waals surface area (Å²) in [6.07, 6.45) is 6.68. The van der Waals surface area contributed by atoms with Crippen LogP contribution in [-0.4, -0.2) is 32.5 Å². The first kappa shape index (κ1) is 20.7. The van der Waals surface area contributed by atoms with Gasteiger partial charge in [-0.2, -0.15) is 0 Å². The molecule has 1 fully saturated rings. The molecule has 28 heavy (non-hydrogen) atoms. The third kappa shape index (κ3) is 5.50. The van der Waals surface area contributed by atoms with Crippen molar-refractivity contribution in [1.82, 2.24) is 20.1 Å². The molecule has 0 saturated heterocycles. The van der Waals surface area contributed by atoms with Crippen molar-refractivity contribution in [3.63, 3.8) is 0 Å². The fourth-order valence-electron chi connectivity index (χ4n) is 3.51. The summed E-state index contributed by atoms with van der Waals surface area (Å²) in [7, 11) is 1.91. The van der Waals surface area contributed by atoms with Crippen LogP contribution in [0.25, 0.3) is 0 Å². The van der Waals surface area contributed by atoms with Crippen LogP contribution in [0.1, 0.15) is 63.4 Å². The van der Waals surface area contributed by atoms with Gasteiger partial charge in [-0.25, -0.2) is 0 Å². The molecule has 1 aliphatic rings. The molecule has 2 aromatic rings. The highest BCUT2D eigenvalue weighted by atomic mass is 32.2. The van der Waals surface area contributed by atoms with Crippen molar-refractivity contribution in [2.24, 2.45) is 7.05 Å². The van der Waals surface area contributed by atoms with Gasteiger partial charge in [-0.15, -0.1) is 10.2 Å². The van der Waals surface area contributed by atoms with Gasteiger partial charge < -0.3 is 14.6 Å². The average molecular weight is 403 g/mol. The largest absolute Gasteiger partial charge is 0.483 e. The number of carbonyl (C=O) groups is 1. The summed E-state index contributed by atoms with van der Waals surface area (Å²) in [5.41, 5.74) is 1.28. The zero-order valence-electron chi connectivity index (χ0n) is 17.0. The first-order valence-electron chi connectivity index (χ1n) is 10.1. The van der Waals surface area contributed by atoms with Gasteiger partial charge >= 0.3 is 0 Å². The zero-order chi connectivity index (χ0) is 19.9. The van der Waals surface area contributed by atoms with Crippen molar-refractivity contribution >= 4 is 17.7 Å². The predicted octanol–water partition coefficient (Wildman–Crippen LogP) is 4.06. The molecular formula is C21H30N4O2S. The Bertz CT molecular complexity index is 769. The minimum Gasteiger partial charge on any atom is -0.483 e. The third-order valence-corrected chi connectivity index (χ3v) is 6.20. The smallest absolute Gasteiger partial charge is 0.230 e. The Morgan fingerprint density at radius 3 is 2.64 bits per heavy atom. The van der Waals surface area contributed by atoms with E-state index in [4.69, 9.17) is 4.74 Å². The van der Waals surface area contributed by atoms with E-state index < -0.39 is 0 Å². The molecule has 6 nitrogen and oxygen atoms in total. The quantitative estimate of drug-likeness (QED) is 0.675. The first-order chi connectivity index (χ1) is 13.6. The van der Waals surface area contributed by atoms with E-state index in [0.29, 0.717) is 11.8 Å². The van der Waals surface area contributed by atoms with Crippen molar-refractivity contribution in [1.29, 1.82) is 0 Å². The summed E-state index contributed by atoms with van der Waals surface area (Å²) >= 11 is 1.41. The average Bonchev–Trinajstić information content (AvgIpc) is 3.08. The predicted molar refractivity (Wildman–Crippen MR) is 112 cm³/mol. The molecule has 1 N–H and O–H groups in total. The molecule has 0 aliphatic heterocycles. The normalized spacial score (nSPS) is 16.0. The van der Waals surface area contributed by atoms with Crippen molar-refractivity contribution in [3.8, 4) is 5.75 Å². The molecule has 152 valence electrons. The Morgan fingerprint density at radius 1 is 1.25 bits per heavy atom. The van der Waals surface area contributed by atoms with Gasteiger partial charge in [0.15, 0.2) is 17.1 Å². The van der Waals surface area contributed by atoms with Crippen LogP contribution in [0.2, 0.25) is 0 Å². The highest BCUT2D eigenvalue weighted by Gasteiger charge is 2.19. The van der Waals surface area contributed by atoms with E-state index in [1.807, 2.05) is 30.7 Å². The molecule has 1 atom stereocenters. The van der Waals surface area contributed by atoms with Gasteiger partial charge in [-0.3, -0.25) is 4.79 Å². The summed E-state index contributed by atoms with van der Waals surface area (Å²) in [4.78, 5) is 12.2. The number of aryl methyl sites for hydroxylation is 1. The number of thioether (sulfide) groups is 1. The van der Waals surface area contributed by atoms with Crippen LogP contribution >= 0.6 is 11.8 Å². The Balaban J connectivity index is 1.52. The number of amides is 1. The standard InChI is InChI=1S/C21H30N4O2S/c1-4-16-10-12-18(13-11-16)27-15(2)20-23-24-21(25(20)3)28-14-19(26)22-17-8-6-5-7-9-17/h10-13,15,17H,4-9,14H2,1-3H3,(H,22,26). The summed E-state index contributed by atoms with van der Waals surface area (Å²) in [6.45, 7) is 4.09. The summed E-state index contributed by atoms with van der Waals surface area (Å²) < 4.78 is 7.91. The number of aromatic nitrogens is 3. The van der Waals surface area contributed by atoms with Crippen LogP contribution < -0.4 is 10.1 Å². The minimum atomic E-state index is -0.226. The topological polar surface area (TPSA) is 69.0 Å². The number of benzene rings is 1. The number of hydrogen-bond acceptors (Lipinski definition) is 5. The summed E-state index contributed by atoms with van der Waals surface area (Å²) in [5, 5.41) is 12.4. The van der Waals surface area contributed by atoms with Gasteiger partial charge in [-0.05, 0) is 43.9 Å². The van der Waals surface area contributed by atoms with Gasteiger partial charge in [0.25, 0.3) is 0 Å². The van der Waals surface area contributed by atoms with Gasteiger partial charge in [-0.1, -0.05) is 50.1 Å². The Morgan fingerprint density at radius 2 is 1.96 bits per heavy atom. The maximum Gasteiger partial charge on any atom is 0.230 e. The lowest BCUT2D eigenvalue weighted by molar-refractivity contribution is -0.119. The van der Waals surface area contributed by atoms with Gasteiger partial charge in [0.05, 0.1) is 5.75 Å². The number of carbonyl (C=O) groups excluding carboxylic acids is 1. The van der Waals surface area contributed by atoms with E-state index in [1.165, 1.54) is 36.6 Å². The zero-order valence-corrected chi connectivity index (χ0v) is 17.8. The molecule has 1 saturated carbocycles. The lowest BCUT2D eigenvalue weighted by atomic mass is 9.95. The molecule has 1 unspecified atom stereocenters. The molecule has 1 aliphatic carbocycles. The van der Waals surface area contributed by atoms with Gasteiger partial charge in [0.1, 0.15) is 5.75 Å². The molecular weight excluding hydrogens is 372 g/mol. The van der Waals surface area contributed by atoms with Crippen molar-refractivity contribution < 1.29 is 9.53 Å². The molecule has 3 rings (SSSR count). The Kier molecular flexibility index (Phi) is 7.36. The van der Waals surface area contributed by atoms with Crippen LogP contribution in [0.5, 0.6) is 5.75 Å². The second kappa shape index (κ2) is 9.96. The maximum atomic E-state index is 12.2. The van der Waals surface area contributed by atoms with Gasteiger partial charge in [0, 0.05) is 13.1 Å². The van der Waals surface area contributed by atoms with E-state index in [1.54, 1.807) is 0 Å². The van der Waals surface area contributed by atoms with Crippen LogP contribution in [-0.2, 0) is 18.3 Å². The third-order valence-electron chi connectivity index (χ3n) is 5.18. The van der Waals surface area contributed by atoms with Crippen LogP contribution in [0.3, 0.4) is 0 Å². The highest BCUT2D eigenvalue weighted by molar-refractivity contribution is 7.99. The van der Waals surface area contributed by atoms with E-state index in [-0.39, 0.29) is 12.0 Å². The molecule has 7 heteroatoms. The summed E-state index contributed by atoms with van der Waals surface area (Å²) in [5.74, 6) is 1.99. The molecule has 1 heterocycles. The molecule has 0 spiro atoms. The number of hydrogen-bond donors (Lipinski definition) is 1. The van der Waals surface area contributed by atoms with Crippen molar-refractivity contribution in [2.75, 3.05) is 5.75 Å². The number of nitrogens with zero attached hydrogens (tertiary/aromatic N) is 3. The molecule has 1 amide bonds. The van der Waals surface area contributed by atoms with Crippen LogP contribution in [0.15, 0.2) is 29.4 Å². The number of rotatable bonds is 8. The van der Waals surface area contributed by atoms with Crippen molar-refractivity contribution in [2.45, 2.75) is 69.7 Å². The Labute approximate surface area is 171 Å². The van der Waals surface area contributed by atoms with Crippen molar-refractivity contribution in [3.05, 3.63) is 35.7 Å². The lowest BCUT2D eigenvalue weighted by Gasteiger charge is -2.22. The SMILES string of the molecule is CCc1ccc(OC(C)c2nnc(SCC(=O)NC3CCCCC3)n2C)cc1. The van der Waals surface area contributed by atoms with E-state index in [9.17, 15) is 4.79 Å². The fraction of sp³-hybridized carbons (Fsp3) is 0.571. The highest BCUT2D eigenvalue weighted by Crippen LogP contribution is 2.24. The second-order valence-electron chi connectivity index (χ2n) is 7.35. The molecule has 1 aromatic carbocycles. The molecule has 1 aromatic heterocycles. The monoisotopic (exact) mass is 402 g/mol. The Hall–Kier alpha value is -2.02. The van der Waals surface area contributed by atoms with Crippen LogP contribution in [0.4, 0.5) is 0 Å². The van der Waals surface area contributed by atoms with Crippen LogP contribution in [0, 0.1) is 0 Å². The lowest BCUT2D eigenvalue weighted by Crippen LogP contribution is -2.37.